The Kier molecular flexibility index (Phi) is 4.99. The average molecular weight is 369 g/mol. The van der Waals surface area contributed by atoms with E-state index >= 15 is 0 Å². The van der Waals surface area contributed by atoms with Crippen LogP contribution in [0.15, 0.2) is 24.3 Å². The highest BCUT2D eigenvalue weighted by atomic mass is 19.4. The molecule has 2 fully saturated rings. The summed E-state index contributed by atoms with van der Waals surface area (Å²) < 4.78 is 39.0. The first kappa shape index (κ1) is 18.7. The van der Waals surface area contributed by atoms with Crippen LogP contribution in [-0.4, -0.2) is 27.9 Å². The van der Waals surface area contributed by atoms with E-state index in [4.69, 9.17) is 5.11 Å². The van der Waals surface area contributed by atoms with Crippen LogP contribution in [0.1, 0.15) is 56.2 Å². The molecule has 0 saturated heterocycles. The number of carbonyl (C=O) groups is 2. The molecular weight excluding hydrogens is 347 g/mol. The molecule has 4 nitrogen and oxygen atoms in total. The van der Waals surface area contributed by atoms with Gasteiger partial charge in [0.2, 0.25) is 5.91 Å². The van der Waals surface area contributed by atoms with Crippen LogP contribution < -0.4 is 0 Å². The number of halogens is 3. The second-order valence-corrected chi connectivity index (χ2v) is 7.32. The Labute approximate surface area is 150 Å². The third kappa shape index (κ3) is 3.86. The molecule has 2 saturated carbocycles. The maximum absolute atomic E-state index is 13.0. The minimum atomic E-state index is -4.43. The predicted molar refractivity (Wildman–Crippen MR) is 88.2 cm³/mol. The minimum absolute atomic E-state index is 0.0379. The molecule has 0 heterocycles. The molecule has 7 heteroatoms. The summed E-state index contributed by atoms with van der Waals surface area (Å²) in [6, 6.07) is 4.66. The Balaban J connectivity index is 1.80. The van der Waals surface area contributed by atoms with Crippen LogP contribution in [0.2, 0.25) is 0 Å². The summed E-state index contributed by atoms with van der Waals surface area (Å²) >= 11 is 0. The van der Waals surface area contributed by atoms with E-state index in [1.807, 2.05) is 0 Å². The van der Waals surface area contributed by atoms with E-state index in [0.29, 0.717) is 24.8 Å². The van der Waals surface area contributed by atoms with Gasteiger partial charge in [0.15, 0.2) is 0 Å². The Morgan fingerprint density at radius 3 is 2.35 bits per heavy atom. The SMILES string of the molecule is CC(c1cccc(C(F)(F)F)c1)N(C(=O)[C@@H]1CC[C@H](C(=O)O)C1)C1CC1. The van der Waals surface area contributed by atoms with Gasteiger partial charge in [0, 0.05) is 12.0 Å². The molecule has 142 valence electrons. The van der Waals surface area contributed by atoms with Gasteiger partial charge in [0.25, 0.3) is 0 Å². The second kappa shape index (κ2) is 6.93. The zero-order chi connectivity index (χ0) is 19.1. The van der Waals surface area contributed by atoms with Crippen molar-refractivity contribution in [3.8, 4) is 0 Å². The van der Waals surface area contributed by atoms with E-state index in [9.17, 15) is 22.8 Å². The zero-order valence-corrected chi connectivity index (χ0v) is 14.5. The molecule has 0 aromatic heterocycles. The number of aliphatic carboxylic acids is 1. The molecule has 1 aromatic carbocycles. The molecule has 2 aliphatic rings. The van der Waals surface area contributed by atoms with E-state index in [1.165, 1.54) is 6.07 Å². The summed E-state index contributed by atoms with van der Waals surface area (Å²) in [6.45, 7) is 1.75. The highest BCUT2D eigenvalue weighted by Gasteiger charge is 2.42. The first-order valence-corrected chi connectivity index (χ1v) is 8.90. The number of hydrogen-bond acceptors (Lipinski definition) is 2. The topological polar surface area (TPSA) is 57.6 Å². The van der Waals surface area contributed by atoms with Crippen molar-refractivity contribution in [2.24, 2.45) is 11.8 Å². The number of rotatable bonds is 5. The van der Waals surface area contributed by atoms with Crippen LogP contribution in [0.5, 0.6) is 0 Å². The molecule has 0 bridgehead atoms. The van der Waals surface area contributed by atoms with Crippen molar-refractivity contribution in [1.82, 2.24) is 4.90 Å². The third-order valence-electron chi connectivity index (χ3n) is 5.44. The fraction of sp³-hybridized carbons (Fsp3) is 0.579. The molecule has 3 atom stereocenters. The fourth-order valence-electron chi connectivity index (χ4n) is 3.82. The Hall–Kier alpha value is -2.05. The number of carboxylic acids is 1. The van der Waals surface area contributed by atoms with Gasteiger partial charge in [-0.3, -0.25) is 9.59 Å². The largest absolute Gasteiger partial charge is 0.481 e. The van der Waals surface area contributed by atoms with Crippen LogP contribution in [0, 0.1) is 11.8 Å². The predicted octanol–water partition coefficient (Wildman–Crippen LogP) is 4.26. The Morgan fingerprint density at radius 1 is 1.15 bits per heavy atom. The maximum Gasteiger partial charge on any atom is 0.416 e. The Morgan fingerprint density at radius 2 is 1.81 bits per heavy atom. The van der Waals surface area contributed by atoms with Crippen LogP contribution in [0.25, 0.3) is 0 Å². The number of carbonyl (C=O) groups excluding carboxylic acids is 1. The number of carboxylic acid groups (broad SMARTS) is 1. The molecular formula is C19H22F3NO3. The van der Waals surface area contributed by atoms with Crippen LogP contribution in [-0.2, 0) is 15.8 Å². The fourth-order valence-corrected chi connectivity index (χ4v) is 3.82. The normalized spacial score (nSPS) is 24.3. The lowest BCUT2D eigenvalue weighted by molar-refractivity contribution is -0.142. The third-order valence-corrected chi connectivity index (χ3v) is 5.44. The van der Waals surface area contributed by atoms with E-state index in [1.54, 1.807) is 17.9 Å². The first-order valence-electron chi connectivity index (χ1n) is 8.90. The van der Waals surface area contributed by atoms with Gasteiger partial charge in [-0.25, -0.2) is 0 Å². The lowest BCUT2D eigenvalue weighted by atomic mass is 9.99. The lowest BCUT2D eigenvalue weighted by Gasteiger charge is -2.32. The van der Waals surface area contributed by atoms with Gasteiger partial charge in [-0.1, -0.05) is 12.1 Å². The summed E-state index contributed by atoms with van der Waals surface area (Å²) in [5.74, 6) is -1.87. The summed E-state index contributed by atoms with van der Waals surface area (Å²) in [6.07, 6.45) is -1.44. The molecule has 1 N–H and O–H groups in total. The van der Waals surface area contributed by atoms with Gasteiger partial charge < -0.3 is 10.0 Å². The summed E-state index contributed by atoms with van der Waals surface area (Å²) in [7, 11) is 0. The van der Waals surface area contributed by atoms with Gasteiger partial charge in [-0.15, -0.1) is 0 Å². The molecule has 1 aromatic rings. The Bertz CT molecular complexity index is 700. The first-order chi connectivity index (χ1) is 12.2. The highest BCUT2D eigenvalue weighted by Crippen LogP contribution is 2.40. The van der Waals surface area contributed by atoms with Crippen molar-refractivity contribution in [3.63, 3.8) is 0 Å². The number of amides is 1. The van der Waals surface area contributed by atoms with E-state index in [0.717, 1.165) is 25.0 Å². The van der Waals surface area contributed by atoms with Gasteiger partial charge in [-0.05, 0) is 56.7 Å². The summed E-state index contributed by atoms with van der Waals surface area (Å²) in [4.78, 5) is 25.8. The van der Waals surface area contributed by atoms with Gasteiger partial charge in [0.1, 0.15) is 0 Å². The zero-order valence-electron chi connectivity index (χ0n) is 14.5. The summed E-state index contributed by atoms with van der Waals surface area (Å²) in [5, 5.41) is 9.14. The standard InChI is InChI=1S/C19H22F3NO3/c1-11(12-3-2-4-15(10-12)19(20,21)22)23(16-7-8-16)17(24)13-5-6-14(9-13)18(25)26/h2-4,10-11,13-14,16H,5-9H2,1H3,(H,25,26)/t11?,13-,14+/m1/s1. The average Bonchev–Trinajstić information content (AvgIpc) is 3.28. The number of hydrogen-bond donors (Lipinski definition) is 1. The number of benzene rings is 1. The lowest BCUT2D eigenvalue weighted by Crippen LogP contribution is -2.39. The van der Waals surface area contributed by atoms with Crippen molar-refractivity contribution in [3.05, 3.63) is 35.4 Å². The second-order valence-electron chi connectivity index (χ2n) is 7.32. The summed E-state index contributed by atoms with van der Waals surface area (Å²) in [5.41, 5.74) is -0.273. The van der Waals surface area contributed by atoms with Crippen molar-refractivity contribution >= 4 is 11.9 Å². The monoisotopic (exact) mass is 369 g/mol. The quantitative estimate of drug-likeness (QED) is 0.844. The van der Waals surface area contributed by atoms with Crippen molar-refractivity contribution in [1.29, 1.82) is 0 Å². The smallest absolute Gasteiger partial charge is 0.416 e. The number of alkyl halides is 3. The molecule has 3 rings (SSSR count). The van der Waals surface area contributed by atoms with E-state index in [2.05, 4.69) is 0 Å². The van der Waals surface area contributed by atoms with Crippen molar-refractivity contribution in [2.75, 3.05) is 0 Å². The van der Waals surface area contributed by atoms with Gasteiger partial charge >= 0.3 is 12.1 Å². The number of nitrogens with zero attached hydrogens (tertiary/aromatic N) is 1. The highest BCUT2D eigenvalue weighted by molar-refractivity contribution is 5.82. The van der Waals surface area contributed by atoms with Crippen LogP contribution in [0.3, 0.4) is 0 Å². The van der Waals surface area contributed by atoms with E-state index < -0.39 is 29.7 Å². The molecule has 1 unspecified atom stereocenters. The molecule has 0 spiro atoms. The van der Waals surface area contributed by atoms with E-state index in [-0.39, 0.29) is 17.9 Å². The molecule has 1 amide bonds. The molecule has 0 aliphatic heterocycles. The van der Waals surface area contributed by atoms with Crippen molar-refractivity contribution in [2.45, 2.75) is 57.3 Å². The molecule has 0 radical (unpaired) electrons. The van der Waals surface area contributed by atoms with Gasteiger partial charge in [-0.2, -0.15) is 13.2 Å². The van der Waals surface area contributed by atoms with Crippen LogP contribution in [0.4, 0.5) is 13.2 Å². The molecule has 26 heavy (non-hydrogen) atoms. The maximum atomic E-state index is 13.0. The van der Waals surface area contributed by atoms with Crippen LogP contribution >= 0.6 is 0 Å². The minimum Gasteiger partial charge on any atom is -0.481 e. The van der Waals surface area contributed by atoms with Gasteiger partial charge in [0.05, 0.1) is 17.5 Å². The van der Waals surface area contributed by atoms with Crippen molar-refractivity contribution < 1.29 is 27.9 Å². The molecule has 2 aliphatic carbocycles.